The molecule has 2 heterocycles. The molecule has 2 fully saturated rings. The van der Waals surface area contributed by atoms with Crippen LogP contribution >= 0.6 is 0 Å². The maximum Gasteiger partial charge on any atom is 0.0193 e. The van der Waals surface area contributed by atoms with E-state index in [0.29, 0.717) is 0 Å². The highest BCUT2D eigenvalue weighted by Gasteiger charge is 2.21. The summed E-state index contributed by atoms with van der Waals surface area (Å²) in [4.78, 5) is 2.59. The zero-order chi connectivity index (χ0) is 11.4. The van der Waals surface area contributed by atoms with Crippen LogP contribution in [0.1, 0.15) is 39.5 Å². The topological polar surface area (TPSA) is 27.3 Å². The van der Waals surface area contributed by atoms with Gasteiger partial charge in [0, 0.05) is 24.7 Å². The second-order valence-corrected chi connectivity index (χ2v) is 5.61. The lowest BCUT2D eigenvalue weighted by molar-refractivity contribution is 0.160. The summed E-state index contributed by atoms with van der Waals surface area (Å²) in [7, 11) is 0. The lowest BCUT2D eigenvalue weighted by Crippen LogP contribution is -2.47. The molecule has 2 aliphatic rings. The van der Waals surface area contributed by atoms with Gasteiger partial charge in [0.25, 0.3) is 0 Å². The lowest BCUT2D eigenvalue weighted by atomic mass is 10.0. The largest absolute Gasteiger partial charge is 0.313 e. The number of nitrogens with one attached hydrogen (secondary N) is 2. The van der Waals surface area contributed by atoms with E-state index in [-0.39, 0.29) is 0 Å². The second-order valence-electron chi connectivity index (χ2n) is 5.61. The summed E-state index contributed by atoms with van der Waals surface area (Å²) in [5.74, 6) is 0. The zero-order valence-corrected chi connectivity index (χ0v) is 10.8. The van der Waals surface area contributed by atoms with Crippen LogP contribution in [-0.4, -0.2) is 49.2 Å². The summed E-state index contributed by atoms with van der Waals surface area (Å²) < 4.78 is 0. The van der Waals surface area contributed by atoms with Gasteiger partial charge in [0.2, 0.25) is 0 Å². The summed E-state index contributed by atoms with van der Waals surface area (Å²) in [6, 6.07) is 2.22. The highest BCUT2D eigenvalue weighted by Crippen LogP contribution is 2.13. The Balaban J connectivity index is 1.61. The molecule has 1 atom stereocenters. The van der Waals surface area contributed by atoms with Crippen LogP contribution in [-0.2, 0) is 0 Å². The molecular formula is C13H27N3. The Hall–Kier alpha value is -0.120. The van der Waals surface area contributed by atoms with E-state index in [4.69, 9.17) is 0 Å². The van der Waals surface area contributed by atoms with Crippen molar-refractivity contribution in [2.75, 3.05) is 26.2 Å². The Labute approximate surface area is 100.0 Å². The first-order chi connectivity index (χ1) is 7.75. The molecule has 0 bridgehead atoms. The third-order valence-corrected chi connectivity index (χ3v) is 4.08. The minimum atomic E-state index is 0.720. The van der Waals surface area contributed by atoms with E-state index in [1.54, 1.807) is 0 Å². The summed E-state index contributed by atoms with van der Waals surface area (Å²) >= 11 is 0. The lowest BCUT2D eigenvalue weighted by Gasteiger charge is -2.35. The molecule has 3 heteroatoms. The molecule has 2 saturated heterocycles. The minimum absolute atomic E-state index is 0.720. The Morgan fingerprint density at radius 2 is 2.00 bits per heavy atom. The van der Waals surface area contributed by atoms with Crippen LogP contribution in [0.15, 0.2) is 0 Å². The van der Waals surface area contributed by atoms with Crippen molar-refractivity contribution >= 4 is 0 Å². The minimum Gasteiger partial charge on any atom is -0.313 e. The summed E-state index contributed by atoms with van der Waals surface area (Å²) in [6.45, 7) is 9.54. The molecule has 2 aliphatic heterocycles. The van der Waals surface area contributed by atoms with Gasteiger partial charge < -0.3 is 15.5 Å². The second kappa shape index (κ2) is 5.99. The number of rotatable bonds is 4. The quantitative estimate of drug-likeness (QED) is 0.753. The van der Waals surface area contributed by atoms with E-state index >= 15 is 0 Å². The van der Waals surface area contributed by atoms with Crippen molar-refractivity contribution < 1.29 is 0 Å². The molecule has 0 amide bonds. The van der Waals surface area contributed by atoms with Gasteiger partial charge >= 0.3 is 0 Å². The molecule has 94 valence electrons. The van der Waals surface area contributed by atoms with Crippen molar-refractivity contribution in [1.29, 1.82) is 0 Å². The van der Waals surface area contributed by atoms with Gasteiger partial charge in [0.05, 0.1) is 0 Å². The van der Waals surface area contributed by atoms with Crippen LogP contribution in [0.2, 0.25) is 0 Å². The van der Waals surface area contributed by atoms with E-state index in [1.807, 2.05) is 0 Å². The standard InChI is InChI=1S/C13H27N3/c1-11(2)16-8-5-12(6-9-16)15-10-13-4-3-7-14-13/h11-15H,3-10H2,1-2H3. The molecule has 0 aliphatic carbocycles. The van der Waals surface area contributed by atoms with Gasteiger partial charge in [-0.1, -0.05) is 0 Å². The summed E-state index contributed by atoms with van der Waals surface area (Å²) in [5, 5.41) is 7.28. The van der Waals surface area contributed by atoms with Gasteiger partial charge in [-0.05, 0) is 59.2 Å². The SMILES string of the molecule is CC(C)N1CCC(NCC2CCCN2)CC1. The van der Waals surface area contributed by atoms with Crippen molar-refractivity contribution in [2.45, 2.75) is 57.7 Å². The van der Waals surface area contributed by atoms with Crippen LogP contribution in [0.4, 0.5) is 0 Å². The van der Waals surface area contributed by atoms with Crippen molar-refractivity contribution in [2.24, 2.45) is 0 Å². The van der Waals surface area contributed by atoms with Crippen molar-refractivity contribution in [3.8, 4) is 0 Å². The Kier molecular flexibility index (Phi) is 4.62. The zero-order valence-electron chi connectivity index (χ0n) is 10.8. The normalized spacial score (nSPS) is 29.1. The number of hydrogen-bond acceptors (Lipinski definition) is 3. The highest BCUT2D eigenvalue weighted by molar-refractivity contribution is 4.82. The molecule has 2 N–H and O–H groups in total. The molecule has 0 saturated carbocycles. The number of nitrogens with zero attached hydrogens (tertiary/aromatic N) is 1. The number of likely N-dealkylation sites (tertiary alicyclic amines) is 1. The van der Waals surface area contributed by atoms with Gasteiger partial charge in [-0.15, -0.1) is 0 Å². The molecule has 16 heavy (non-hydrogen) atoms. The van der Waals surface area contributed by atoms with Gasteiger partial charge in [0.15, 0.2) is 0 Å². The fraction of sp³-hybridized carbons (Fsp3) is 1.00. The first kappa shape index (κ1) is 12.3. The molecule has 0 spiro atoms. The monoisotopic (exact) mass is 225 g/mol. The smallest absolute Gasteiger partial charge is 0.0193 e. The third kappa shape index (κ3) is 3.44. The van der Waals surface area contributed by atoms with Crippen molar-refractivity contribution in [3.05, 3.63) is 0 Å². The third-order valence-electron chi connectivity index (χ3n) is 4.08. The fourth-order valence-electron chi connectivity index (χ4n) is 2.86. The Morgan fingerprint density at radius 1 is 1.25 bits per heavy atom. The first-order valence-electron chi connectivity index (χ1n) is 6.96. The van der Waals surface area contributed by atoms with Crippen molar-refractivity contribution in [1.82, 2.24) is 15.5 Å². The van der Waals surface area contributed by atoms with Crippen LogP contribution in [0.3, 0.4) is 0 Å². The van der Waals surface area contributed by atoms with Crippen LogP contribution in [0.25, 0.3) is 0 Å². The van der Waals surface area contributed by atoms with Crippen molar-refractivity contribution in [3.63, 3.8) is 0 Å². The average Bonchev–Trinajstić information content (AvgIpc) is 2.80. The molecule has 0 aromatic carbocycles. The Bertz CT molecular complexity index is 191. The molecular weight excluding hydrogens is 198 g/mol. The Morgan fingerprint density at radius 3 is 2.56 bits per heavy atom. The van der Waals surface area contributed by atoms with E-state index in [1.165, 1.54) is 51.9 Å². The molecule has 0 radical (unpaired) electrons. The fourth-order valence-corrected chi connectivity index (χ4v) is 2.86. The molecule has 1 unspecified atom stereocenters. The van der Waals surface area contributed by atoms with E-state index in [0.717, 1.165) is 18.1 Å². The molecule has 0 aromatic rings. The number of piperidine rings is 1. The van der Waals surface area contributed by atoms with Gasteiger partial charge in [-0.25, -0.2) is 0 Å². The van der Waals surface area contributed by atoms with E-state index in [9.17, 15) is 0 Å². The first-order valence-corrected chi connectivity index (χ1v) is 6.96. The molecule has 3 nitrogen and oxygen atoms in total. The average molecular weight is 225 g/mol. The maximum atomic E-state index is 3.73. The molecule has 0 aromatic heterocycles. The predicted octanol–water partition coefficient (Wildman–Crippen LogP) is 1.20. The van der Waals surface area contributed by atoms with Crippen LogP contribution in [0.5, 0.6) is 0 Å². The van der Waals surface area contributed by atoms with Crippen LogP contribution in [0, 0.1) is 0 Å². The molecule has 2 rings (SSSR count). The summed E-state index contributed by atoms with van der Waals surface area (Å²) in [6.07, 6.45) is 5.37. The van der Waals surface area contributed by atoms with Gasteiger partial charge in [-0.3, -0.25) is 0 Å². The van der Waals surface area contributed by atoms with Gasteiger partial charge in [-0.2, -0.15) is 0 Å². The number of hydrogen-bond donors (Lipinski definition) is 2. The summed E-state index contributed by atoms with van der Waals surface area (Å²) in [5.41, 5.74) is 0. The van der Waals surface area contributed by atoms with Gasteiger partial charge in [0.1, 0.15) is 0 Å². The van der Waals surface area contributed by atoms with E-state index in [2.05, 4.69) is 29.4 Å². The highest BCUT2D eigenvalue weighted by atomic mass is 15.2. The predicted molar refractivity (Wildman–Crippen MR) is 68.8 cm³/mol. The maximum absolute atomic E-state index is 3.73. The van der Waals surface area contributed by atoms with E-state index < -0.39 is 0 Å². The van der Waals surface area contributed by atoms with Crippen LogP contribution < -0.4 is 10.6 Å².